The van der Waals surface area contributed by atoms with E-state index >= 15 is 0 Å². The van der Waals surface area contributed by atoms with Crippen LogP contribution in [0.4, 0.5) is 0 Å². The van der Waals surface area contributed by atoms with Crippen molar-refractivity contribution in [3.63, 3.8) is 0 Å². The molecule has 0 radical (unpaired) electrons. The van der Waals surface area contributed by atoms with Gasteiger partial charge in [-0.3, -0.25) is 9.59 Å². The average Bonchev–Trinajstić information content (AvgIpc) is 2.15. The quantitative estimate of drug-likeness (QED) is 0.596. The minimum absolute atomic E-state index is 0.203. The molecule has 0 N–H and O–H groups in total. The maximum atomic E-state index is 12.0. The summed E-state index contributed by atoms with van der Waals surface area (Å²) in [5.74, 6) is -1.52. The zero-order chi connectivity index (χ0) is 13.1. The second-order valence-corrected chi connectivity index (χ2v) is 4.99. The van der Waals surface area contributed by atoms with Crippen LogP contribution in [0.15, 0.2) is 30.3 Å². The van der Waals surface area contributed by atoms with Crippen molar-refractivity contribution in [3.05, 3.63) is 35.9 Å². The number of hydrogen-bond donors (Lipinski definition) is 0. The van der Waals surface area contributed by atoms with E-state index in [-0.39, 0.29) is 5.78 Å². The zero-order valence-corrected chi connectivity index (χ0v) is 10.7. The summed E-state index contributed by atoms with van der Waals surface area (Å²) in [6.07, 6.45) is 0. The first-order valence-electron chi connectivity index (χ1n) is 5.59. The Bertz CT molecular complexity index is 401. The normalized spacial score (nSPS) is 12.9. The van der Waals surface area contributed by atoms with Gasteiger partial charge in [0.2, 0.25) is 0 Å². The van der Waals surface area contributed by atoms with E-state index in [1.165, 1.54) is 6.92 Å². The lowest BCUT2D eigenvalue weighted by atomic mass is 9.95. The van der Waals surface area contributed by atoms with Crippen LogP contribution in [0.1, 0.15) is 39.2 Å². The highest BCUT2D eigenvalue weighted by Gasteiger charge is 2.29. The van der Waals surface area contributed by atoms with Crippen molar-refractivity contribution < 1.29 is 14.3 Å². The van der Waals surface area contributed by atoms with Gasteiger partial charge in [0.05, 0.1) is 0 Å². The first kappa shape index (κ1) is 13.4. The van der Waals surface area contributed by atoms with Crippen molar-refractivity contribution in [2.75, 3.05) is 0 Å². The predicted molar refractivity (Wildman–Crippen MR) is 65.7 cm³/mol. The van der Waals surface area contributed by atoms with Crippen LogP contribution in [0.3, 0.4) is 0 Å². The van der Waals surface area contributed by atoms with Crippen LogP contribution in [0.2, 0.25) is 0 Å². The van der Waals surface area contributed by atoms with Gasteiger partial charge in [-0.25, -0.2) is 0 Å². The Balaban J connectivity index is 2.96. The lowest BCUT2D eigenvalue weighted by Crippen LogP contribution is -2.30. The van der Waals surface area contributed by atoms with Gasteiger partial charge in [0, 0.05) is 0 Å². The molecular weight excluding hydrogens is 216 g/mol. The molecule has 1 aromatic rings. The molecule has 17 heavy (non-hydrogen) atoms. The average molecular weight is 234 g/mol. The van der Waals surface area contributed by atoms with Crippen LogP contribution in [0.5, 0.6) is 0 Å². The summed E-state index contributed by atoms with van der Waals surface area (Å²) < 4.78 is 5.26. The molecule has 0 amide bonds. The number of carbonyl (C=O) groups is 2. The molecule has 0 fully saturated rings. The topological polar surface area (TPSA) is 43.4 Å². The molecule has 3 nitrogen and oxygen atoms in total. The fourth-order valence-corrected chi connectivity index (χ4v) is 1.54. The number of rotatable bonds is 3. The Morgan fingerprint density at radius 1 is 1.12 bits per heavy atom. The van der Waals surface area contributed by atoms with Gasteiger partial charge < -0.3 is 4.74 Å². The Kier molecular flexibility index (Phi) is 4.05. The summed E-state index contributed by atoms with van der Waals surface area (Å²) >= 11 is 0. The maximum absolute atomic E-state index is 12.0. The standard InChI is InChI=1S/C14H18O3/c1-10(15)12(11-8-6-5-7-9-11)13(16)17-14(2,3)4/h5-9,12H,1-4H3. The van der Waals surface area contributed by atoms with Crippen molar-refractivity contribution in [3.8, 4) is 0 Å². The molecule has 0 saturated carbocycles. The zero-order valence-electron chi connectivity index (χ0n) is 10.7. The molecule has 0 heterocycles. The van der Waals surface area contributed by atoms with E-state index < -0.39 is 17.5 Å². The van der Waals surface area contributed by atoms with E-state index in [4.69, 9.17) is 4.74 Å². The van der Waals surface area contributed by atoms with E-state index in [1.54, 1.807) is 45.0 Å². The molecule has 0 saturated heterocycles. The first-order valence-corrected chi connectivity index (χ1v) is 5.59. The number of Topliss-reactive ketones (excluding diaryl/α,β-unsaturated/α-hetero) is 1. The first-order chi connectivity index (χ1) is 7.81. The summed E-state index contributed by atoms with van der Waals surface area (Å²) in [5, 5.41) is 0. The minimum Gasteiger partial charge on any atom is -0.459 e. The molecule has 0 aromatic heterocycles. The Morgan fingerprint density at radius 3 is 2.06 bits per heavy atom. The fourth-order valence-electron chi connectivity index (χ4n) is 1.54. The van der Waals surface area contributed by atoms with Gasteiger partial charge in [-0.15, -0.1) is 0 Å². The van der Waals surface area contributed by atoms with E-state index in [2.05, 4.69) is 0 Å². The molecule has 1 atom stereocenters. The molecule has 0 bridgehead atoms. The predicted octanol–water partition coefficient (Wildman–Crippen LogP) is 2.70. The largest absolute Gasteiger partial charge is 0.459 e. The molecule has 1 aromatic carbocycles. The molecular formula is C14H18O3. The van der Waals surface area contributed by atoms with E-state index in [1.807, 2.05) is 6.07 Å². The van der Waals surface area contributed by atoms with E-state index in [9.17, 15) is 9.59 Å². The van der Waals surface area contributed by atoms with E-state index in [0.717, 1.165) is 0 Å². The molecule has 92 valence electrons. The van der Waals surface area contributed by atoms with Gasteiger partial charge in [0.15, 0.2) is 0 Å². The number of ether oxygens (including phenoxy) is 1. The Labute approximate surface area is 102 Å². The smallest absolute Gasteiger partial charge is 0.321 e. The third-order valence-corrected chi connectivity index (χ3v) is 2.18. The highest BCUT2D eigenvalue weighted by Crippen LogP contribution is 2.21. The number of carbonyl (C=O) groups excluding carboxylic acids is 2. The molecule has 0 aliphatic carbocycles. The van der Waals surface area contributed by atoms with Crippen molar-refractivity contribution in [1.29, 1.82) is 0 Å². The van der Waals surface area contributed by atoms with Gasteiger partial charge in [-0.1, -0.05) is 30.3 Å². The molecule has 0 aliphatic rings. The van der Waals surface area contributed by atoms with Crippen LogP contribution < -0.4 is 0 Å². The molecule has 1 rings (SSSR count). The Morgan fingerprint density at radius 2 is 1.65 bits per heavy atom. The SMILES string of the molecule is CC(=O)C(C(=O)OC(C)(C)C)c1ccccc1. The summed E-state index contributed by atoms with van der Waals surface area (Å²) in [5.41, 5.74) is 0.0915. The van der Waals surface area contributed by atoms with Crippen molar-refractivity contribution >= 4 is 11.8 Å². The van der Waals surface area contributed by atoms with Gasteiger partial charge in [-0.2, -0.15) is 0 Å². The van der Waals surface area contributed by atoms with Crippen molar-refractivity contribution in [1.82, 2.24) is 0 Å². The summed E-state index contributed by atoms with van der Waals surface area (Å²) in [6.45, 7) is 6.76. The van der Waals surface area contributed by atoms with Crippen LogP contribution in [-0.4, -0.2) is 17.4 Å². The number of ketones is 1. The summed E-state index contributed by atoms with van der Waals surface area (Å²) in [6, 6.07) is 8.97. The highest BCUT2D eigenvalue weighted by molar-refractivity contribution is 6.03. The van der Waals surface area contributed by atoms with Gasteiger partial charge in [-0.05, 0) is 33.3 Å². The number of esters is 1. The third kappa shape index (κ3) is 4.02. The van der Waals surface area contributed by atoms with Gasteiger partial charge >= 0.3 is 5.97 Å². The van der Waals surface area contributed by atoms with Crippen LogP contribution in [-0.2, 0) is 14.3 Å². The second kappa shape index (κ2) is 5.13. The van der Waals surface area contributed by atoms with Gasteiger partial charge in [0.1, 0.15) is 17.3 Å². The molecule has 0 aliphatic heterocycles. The molecule has 1 unspecified atom stereocenters. The highest BCUT2D eigenvalue weighted by atomic mass is 16.6. The van der Waals surface area contributed by atoms with Crippen LogP contribution in [0.25, 0.3) is 0 Å². The lowest BCUT2D eigenvalue weighted by Gasteiger charge is -2.23. The lowest BCUT2D eigenvalue weighted by molar-refractivity contribution is -0.158. The third-order valence-electron chi connectivity index (χ3n) is 2.18. The summed E-state index contributed by atoms with van der Waals surface area (Å²) in [7, 11) is 0. The number of benzene rings is 1. The van der Waals surface area contributed by atoms with Crippen molar-refractivity contribution in [2.24, 2.45) is 0 Å². The monoisotopic (exact) mass is 234 g/mol. The molecule has 0 spiro atoms. The second-order valence-electron chi connectivity index (χ2n) is 4.99. The van der Waals surface area contributed by atoms with Crippen LogP contribution >= 0.6 is 0 Å². The number of hydrogen-bond acceptors (Lipinski definition) is 3. The Hall–Kier alpha value is -1.64. The van der Waals surface area contributed by atoms with E-state index in [0.29, 0.717) is 5.56 Å². The summed E-state index contributed by atoms with van der Waals surface area (Å²) in [4.78, 5) is 23.5. The van der Waals surface area contributed by atoms with Crippen LogP contribution in [0, 0.1) is 0 Å². The minimum atomic E-state index is -0.824. The van der Waals surface area contributed by atoms with Crippen molar-refractivity contribution in [2.45, 2.75) is 39.2 Å². The van der Waals surface area contributed by atoms with Gasteiger partial charge in [0.25, 0.3) is 0 Å². The fraction of sp³-hybridized carbons (Fsp3) is 0.429. The maximum Gasteiger partial charge on any atom is 0.321 e. The molecule has 3 heteroatoms.